The molecule has 26 heavy (non-hydrogen) atoms. The Bertz CT molecular complexity index is 607. The summed E-state index contributed by atoms with van der Waals surface area (Å²) in [6, 6.07) is 4.54. The quantitative estimate of drug-likeness (QED) is 0.808. The van der Waals surface area contributed by atoms with E-state index in [2.05, 4.69) is 5.32 Å². The summed E-state index contributed by atoms with van der Waals surface area (Å²) in [7, 11) is 0. The summed E-state index contributed by atoms with van der Waals surface area (Å²) >= 11 is 0. The van der Waals surface area contributed by atoms with Crippen LogP contribution < -0.4 is 19.5 Å². The highest BCUT2D eigenvalue weighted by Gasteiger charge is 2.32. The van der Waals surface area contributed by atoms with Crippen LogP contribution in [0.15, 0.2) is 12.1 Å². The van der Waals surface area contributed by atoms with Crippen molar-refractivity contribution in [3.8, 4) is 17.2 Å². The second-order valence-electron chi connectivity index (χ2n) is 6.78. The molecule has 0 radical (unpaired) electrons. The average molecular weight is 362 g/mol. The van der Waals surface area contributed by atoms with Crippen LogP contribution in [0, 0.1) is 0 Å². The van der Waals surface area contributed by atoms with E-state index in [1.165, 1.54) is 6.42 Å². The number of likely N-dealkylation sites (tertiary alicyclic amines) is 1. The monoisotopic (exact) mass is 362 g/mol. The maximum Gasteiger partial charge on any atom is 0.254 e. The van der Waals surface area contributed by atoms with Crippen molar-refractivity contribution in [2.45, 2.75) is 52.1 Å². The van der Waals surface area contributed by atoms with Gasteiger partial charge < -0.3 is 24.4 Å². The summed E-state index contributed by atoms with van der Waals surface area (Å²) < 4.78 is 17.2. The summed E-state index contributed by atoms with van der Waals surface area (Å²) in [6.07, 6.45) is 3.38. The van der Waals surface area contributed by atoms with Gasteiger partial charge in [-0.3, -0.25) is 4.79 Å². The molecule has 1 aromatic carbocycles. The molecule has 2 bridgehead atoms. The number of fused-ring (bicyclic) bond motifs is 2. The lowest BCUT2D eigenvalue weighted by Gasteiger charge is -2.25. The SMILES string of the molecule is CCOc1cc(C(=O)N2CCC3CCC(C2)N3)cc(OCC)c1OCC. The van der Waals surface area contributed by atoms with Gasteiger partial charge in [-0.25, -0.2) is 0 Å². The van der Waals surface area contributed by atoms with Crippen molar-refractivity contribution in [1.29, 1.82) is 0 Å². The summed E-state index contributed by atoms with van der Waals surface area (Å²) in [6.45, 7) is 8.81. The van der Waals surface area contributed by atoms with E-state index in [9.17, 15) is 4.79 Å². The minimum atomic E-state index is 0.0318. The summed E-state index contributed by atoms with van der Waals surface area (Å²) in [5, 5.41) is 3.62. The molecule has 1 amide bonds. The van der Waals surface area contributed by atoms with Crippen molar-refractivity contribution in [3.63, 3.8) is 0 Å². The molecule has 0 aromatic heterocycles. The number of rotatable bonds is 7. The zero-order chi connectivity index (χ0) is 18.5. The first-order chi connectivity index (χ1) is 12.7. The lowest BCUT2D eigenvalue weighted by Crippen LogP contribution is -2.39. The number of hydrogen-bond donors (Lipinski definition) is 1. The number of carbonyl (C=O) groups is 1. The fraction of sp³-hybridized carbons (Fsp3) is 0.650. The molecule has 0 aliphatic carbocycles. The Morgan fingerprint density at radius 3 is 2.23 bits per heavy atom. The average Bonchev–Trinajstić information content (AvgIpc) is 2.96. The number of nitrogens with one attached hydrogen (secondary N) is 1. The van der Waals surface area contributed by atoms with Gasteiger partial charge in [0.05, 0.1) is 19.8 Å². The smallest absolute Gasteiger partial charge is 0.254 e. The van der Waals surface area contributed by atoms with E-state index in [4.69, 9.17) is 14.2 Å². The van der Waals surface area contributed by atoms with Crippen LogP contribution in [0.3, 0.4) is 0 Å². The maximum atomic E-state index is 13.2. The first-order valence-electron chi connectivity index (χ1n) is 9.77. The molecule has 0 spiro atoms. The van der Waals surface area contributed by atoms with E-state index in [1.54, 1.807) is 12.1 Å². The minimum absolute atomic E-state index is 0.0318. The third-order valence-corrected chi connectivity index (χ3v) is 4.97. The topological polar surface area (TPSA) is 60.0 Å². The molecular formula is C20H30N2O4. The van der Waals surface area contributed by atoms with Crippen LogP contribution in [-0.2, 0) is 0 Å². The van der Waals surface area contributed by atoms with E-state index in [0.29, 0.717) is 54.7 Å². The number of nitrogens with zero attached hydrogens (tertiary/aromatic N) is 1. The Morgan fingerprint density at radius 1 is 1.00 bits per heavy atom. The molecule has 2 unspecified atom stereocenters. The first-order valence-corrected chi connectivity index (χ1v) is 9.77. The van der Waals surface area contributed by atoms with Gasteiger partial charge in [-0.05, 0) is 52.2 Å². The fourth-order valence-electron chi connectivity index (χ4n) is 3.82. The normalized spacial score (nSPS) is 22.0. The number of hydrogen-bond acceptors (Lipinski definition) is 5. The third-order valence-electron chi connectivity index (χ3n) is 4.97. The maximum absolute atomic E-state index is 13.2. The van der Waals surface area contributed by atoms with Crippen LogP contribution >= 0.6 is 0 Å². The highest BCUT2D eigenvalue weighted by molar-refractivity contribution is 5.95. The highest BCUT2D eigenvalue weighted by atomic mass is 16.5. The molecule has 2 heterocycles. The van der Waals surface area contributed by atoms with Crippen LogP contribution in [0.5, 0.6) is 17.2 Å². The number of benzene rings is 1. The zero-order valence-electron chi connectivity index (χ0n) is 16.0. The summed E-state index contributed by atoms with van der Waals surface area (Å²) in [5.41, 5.74) is 0.595. The Labute approximate surface area is 155 Å². The van der Waals surface area contributed by atoms with Gasteiger partial charge in [0.1, 0.15) is 0 Å². The van der Waals surface area contributed by atoms with Crippen LogP contribution in [0.4, 0.5) is 0 Å². The molecule has 2 aliphatic rings. The Hall–Kier alpha value is -1.95. The van der Waals surface area contributed by atoms with E-state index in [-0.39, 0.29) is 5.91 Å². The van der Waals surface area contributed by atoms with Gasteiger partial charge in [-0.1, -0.05) is 0 Å². The first kappa shape index (κ1) is 18.8. The van der Waals surface area contributed by atoms with Crippen molar-refractivity contribution in [1.82, 2.24) is 10.2 Å². The predicted molar refractivity (Wildman–Crippen MR) is 100 cm³/mol. The van der Waals surface area contributed by atoms with Crippen LogP contribution in [0.1, 0.15) is 50.4 Å². The molecule has 0 saturated carbocycles. The van der Waals surface area contributed by atoms with E-state index in [1.807, 2.05) is 25.7 Å². The molecule has 2 aliphatic heterocycles. The van der Waals surface area contributed by atoms with Crippen molar-refractivity contribution >= 4 is 5.91 Å². The van der Waals surface area contributed by atoms with Crippen molar-refractivity contribution < 1.29 is 19.0 Å². The number of amides is 1. The van der Waals surface area contributed by atoms with Gasteiger partial charge in [0, 0.05) is 30.7 Å². The number of carbonyl (C=O) groups excluding carboxylic acids is 1. The lowest BCUT2D eigenvalue weighted by atomic mass is 10.1. The third kappa shape index (κ3) is 4.06. The fourth-order valence-corrected chi connectivity index (χ4v) is 3.82. The van der Waals surface area contributed by atoms with Crippen molar-refractivity contribution in [3.05, 3.63) is 17.7 Å². The van der Waals surface area contributed by atoms with Gasteiger partial charge in [0.15, 0.2) is 11.5 Å². The summed E-state index contributed by atoms with van der Waals surface area (Å²) in [4.78, 5) is 15.1. The molecule has 6 nitrogen and oxygen atoms in total. The van der Waals surface area contributed by atoms with Gasteiger partial charge in [-0.2, -0.15) is 0 Å². The zero-order valence-corrected chi connectivity index (χ0v) is 16.0. The number of ether oxygens (including phenoxy) is 3. The van der Waals surface area contributed by atoms with Gasteiger partial charge in [0.2, 0.25) is 5.75 Å². The van der Waals surface area contributed by atoms with Crippen LogP contribution in [0.25, 0.3) is 0 Å². The van der Waals surface area contributed by atoms with Crippen LogP contribution in [-0.4, -0.2) is 55.8 Å². The molecule has 144 valence electrons. The second-order valence-corrected chi connectivity index (χ2v) is 6.78. The molecule has 1 aromatic rings. The van der Waals surface area contributed by atoms with E-state index < -0.39 is 0 Å². The standard InChI is InChI=1S/C20H30N2O4/c1-4-24-17-11-14(12-18(25-5-2)19(17)26-6-3)20(23)22-10-9-15-7-8-16(13-22)21-15/h11-12,15-16,21H,4-10,13H2,1-3H3. The summed E-state index contributed by atoms with van der Waals surface area (Å²) in [5.74, 6) is 1.74. The largest absolute Gasteiger partial charge is 0.490 e. The predicted octanol–water partition coefficient (Wildman–Crippen LogP) is 2.85. The molecule has 1 N–H and O–H groups in total. The van der Waals surface area contributed by atoms with Gasteiger partial charge >= 0.3 is 0 Å². The molecular weight excluding hydrogens is 332 g/mol. The van der Waals surface area contributed by atoms with Crippen molar-refractivity contribution in [2.24, 2.45) is 0 Å². The minimum Gasteiger partial charge on any atom is -0.490 e. The molecule has 6 heteroatoms. The lowest BCUT2D eigenvalue weighted by molar-refractivity contribution is 0.0747. The Kier molecular flexibility index (Phi) is 6.25. The molecule has 3 rings (SSSR count). The Morgan fingerprint density at radius 2 is 1.62 bits per heavy atom. The highest BCUT2D eigenvalue weighted by Crippen LogP contribution is 2.39. The molecule has 2 atom stereocenters. The van der Waals surface area contributed by atoms with Gasteiger partial charge in [0.25, 0.3) is 5.91 Å². The van der Waals surface area contributed by atoms with Gasteiger partial charge in [-0.15, -0.1) is 0 Å². The van der Waals surface area contributed by atoms with E-state index in [0.717, 1.165) is 25.9 Å². The van der Waals surface area contributed by atoms with Crippen molar-refractivity contribution in [2.75, 3.05) is 32.9 Å². The second kappa shape index (κ2) is 8.62. The van der Waals surface area contributed by atoms with Crippen LogP contribution in [0.2, 0.25) is 0 Å². The molecule has 2 saturated heterocycles. The Balaban J connectivity index is 1.88. The molecule has 2 fully saturated rings. The van der Waals surface area contributed by atoms with E-state index >= 15 is 0 Å².